The van der Waals surface area contributed by atoms with Crippen molar-refractivity contribution in [3.05, 3.63) is 48.3 Å². The zero-order valence-electron chi connectivity index (χ0n) is 11.9. The van der Waals surface area contributed by atoms with Crippen LogP contribution < -0.4 is 5.32 Å². The molecule has 1 saturated heterocycles. The van der Waals surface area contributed by atoms with Crippen LogP contribution in [-0.2, 0) is 16.4 Å². The van der Waals surface area contributed by atoms with E-state index in [1.54, 1.807) is 13.1 Å². The number of sulfone groups is 1. The normalized spacial score (nSPS) is 24.0. The molecule has 6 heteroatoms. The maximum absolute atomic E-state index is 11.7. The molecule has 2 atom stereocenters. The zero-order chi connectivity index (χ0) is 14.9. The van der Waals surface area contributed by atoms with E-state index >= 15 is 0 Å². The summed E-state index contributed by atoms with van der Waals surface area (Å²) in [6.45, 7) is 2.48. The molecule has 21 heavy (non-hydrogen) atoms. The third-order valence-electron chi connectivity index (χ3n) is 4.02. The molecule has 0 amide bonds. The third kappa shape index (κ3) is 3.10. The zero-order valence-corrected chi connectivity index (χ0v) is 12.8. The highest BCUT2D eigenvalue weighted by atomic mass is 32.2. The lowest BCUT2D eigenvalue weighted by Crippen LogP contribution is -2.29. The second kappa shape index (κ2) is 5.52. The number of hydrogen-bond donors (Lipinski definition) is 1. The van der Waals surface area contributed by atoms with Crippen LogP contribution in [0.4, 0.5) is 5.69 Å². The molecule has 0 aliphatic carbocycles. The van der Waals surface area contributed by atoms with Gasteiger partial charge in [0.05, 0.1) is 29.4 Å². The molecule has 1 aromatic carbocycles. The van der Waals surface area contributed by atoms with Gasteiger partial charge in [0, 0.05) is 12.2 Å². The number of hydrogen-bond acceptors (Lipinski definition) is 4. The maximum Gasteiger partial charge on any atom is 0.154 e. The standard InChI is InChI=1S/C15H19N3O2S/c1-12-15(7-8-21(12,19)20)17-14-9-16-18(11-14)10-13-5-3-2-4-6-13/h2-6,9,11-12,15,17H,7-8,10H2,1H3. The van der Waals surface area contributed by atoms with Crippen LogP contribution in [-0.4, -0.2) is 35.2 Å². The number of aromatic nitrogens is 2. The van der Waals surface area contributed by atoms with Crippen LogP contribution in [0.1, 0.15) is 18.9 Å². The Morgan fingerprint density at radius 2 is 2.10 bits per heavy atom. The molecule has 1 aliphatic rings. The molecule has 1 fully saturated rings. The lowest BCUT2D eigenvalue weighted by atomic mass is 10.2. The highest BCUT2D eigenvalue weighted by molar-refractivity contribution is 7.92. The summed E-state index contributed by atoms with van der Waals surface area (Å²) in [7, 11) is -2.93. The monoisotopic (exact) mass is 305 g/mol. The number of anilines is 1. The Hall–Kier alpha value is -1.82. The smallest absolute Gasteiger partial charge is 0.154 e. The molecule has 5 nitrogen and oxygen atoms in total. The molecule has 2 unspecified atom stereocenters. The fourth-order valence-electron chi connectivity index (χ4n) is 2.66. The van der Waals surface area contributed by atoms with Gasteiger partial charge in [0.25, 0.3) is 0 Å². The molecule has 2 aromatic rings. The van der Waals surface area contributed by atoms with Gasteiger partial charge < -0.3 is 5.32 Å². The minimum Gasteiger partial charge on any atom is -0.378 e. The number of nitrogens with one attached hydrogen (secondary N) is 1. The van der Waals surface area contributed by atoms with Gasteiger partial charge in [0.1, 0.15) is 0 Å². The molecular weight excluding hydrogens is 286 g/mol. The van der Waals surface area contributed by atoms with Crippen molar-refractivity contribution in [3.63, 3.8) is 0 Å². The fourth-order valence-corrected chi connectivity index (χ4v) is 4.32. The third-order valence-corrected chi connectivity index (χ3v) is 6.29. The van der Waals surface area contributed by atoms with Crippen molar-refractivity contribution >= 4 is 15.5 Å². The van der Waals surface area contributed by atoms with Gasteiger partial charge in [-0.25, -0.2) is 8.42 Å². The summed E-state index contributed by atoms with van der Waals surface area (Å²) in [5, 5.41) is 7.27. The molecule has 1 aromatic heterocycles. The van der Waals surface area contributed by atoms with E-state index in [0.717, 1.165) is 5.69 Å². The van der Waals surface area contributed by atoms with Crippen LogP contribution in [0.15, 0.2) is 42.7 Å². The minimum absolute atomic E-state index is 0.0237. The van der Waals surface area contributed by atoms with Gasteiger partial charge >= 0.3 is 0 Å². The first-order valence-corrected chi connectivity index (χ1v) is 8.80. The van der Waals surface area contributed by atoms with Crippen molar-refractivity contribution in [1.82, 2.24) is 9.78 Å². The molecule has 2 heterocycles. The SMILES string of the molecule is CC1C(Nc2cnn(Cc3ccccc3)c2)CCS1(=O)=O. The quantitative estimate of drug-likeness (QED) is 0.937. The molecular formula is C15H19N3O2S. The summed E-state index contributed by atoms with van der Waals surface area (Å²) in [4.78, 5) is 0. The number of nitrogens with zero attached hydrogens (tertiary/aromatic N) is 2. The average Bonchev–Trinajstić information content (AvgIpc) is 3.00. The molecule has 1 aliphatic heterocycles. The van der Waals surface area contributed by atoms with E-state index < -0.39 is 9.84 Å². The predicted molar refractivity (Wildman–Crippen MR) is 83.0 cm³/mol. The lowest BCUT2D eigenvalue weighted by Gasteiger charge is -2.15. The molecule has 3 rings (SSSR count). The van der Waals surface area contributed by atoms with Gasteiger partial charge in [-0.15, -0.1) is 0 Å². The van der Waals surface area contributed by atoms with E-state index in [0.29, 0.717) is 13.0 Å². The first-order chi connectivity index (χ1) is 10.0. The Morgan fingerprint density at radius 3 is 2.76 bits per heavy atom. The average molecular weight is 305 g/mol. The van der Waals surface area contributed by atoms with Gasteiger partial charge in [-0.3, -0.25) is 4.68 Å². The van der Waals surface area contributed by atoms with Gasteiger partial charge in [-0.2, -0.15) is 5.10 Å². The maximum atomic E-state index is 11.7. The Labute approximate surface area is 124 Å². The molecule has 112 valence electrons. The molecule has 0 saturated carbocycles. The highest BCUT2D eigenvalue weighted by Gasteiger charge is 2.36. The van der Waals surface area contributed by atoms with Crippen LogP contribution in [0, 0.1) is 0 Å². The van der Waals surface area contributed by atoms with Gasteiger partial charge in [0.2, 0.25) is 0 Å². The Morgan fingerprint density at radius 1 is 1.33 bits per heavy atom. The summed E-state index contributed by atoms with van der Waals surface area (Å²) >= 11 is 0. The van der Waals surface area contributed by atoms with Crippen molar-refractivity contribution in [2.75, 3.05) is 11.1 Å². The summed E-state index contributed by atoms with van der Waals surface area (Å²) in [5.41, 5.74) is 2.06. The minimum atomic E-state index is -2.93. The number of rotatable bonds is 4. The van der Waals surface area contributed by atoms with E-state index in [2.05, 4.69) is 22.5 Å². The summed E-state index contributed by atoms with van der Waals surface area (Å²) < 4.78 is 25.3. The van der Waals surface area contributed by atoms with Crippen LogP contribution in [0.3, 0.4) is 0 Å². The lowest BCUT2D eigenvalue weighted by molar-refractivity contribution is 0.590. The first-order valence-electron chi connectivity index (χ1n) is 7.09. The second-order valence-corrected chi connectivity index (χ2v) is 8.00. The van der Waals surface area contributed by atoms with Crippen molar-refractivity contribution in [3.8, 4) is 0 Å². The Balaban J connectivity index is 1.66. The molecule has 0 radical (unpaired) electrons. The predicted octanol–water partition coefficient (Wildman–Crippen LogP) is 1.92. The number of benzene rings is 1. The van der Waals surface area contributed by atoms with Crippen LogP contribution in [0.25, 0.3) is 0 Å². The van der Waals surface area contributed by atoms with Crippen molar-refractivity contribution < 1.29 is 8.42 Å². The van der Waals surface area contributed by atoms with Gasteiger partial charge in [-0.1, -0.05) is 30.3 Å². The summed E-state index contributed by atoms with van der Waals surface area (Å²) in [6.07, 6.45) is 4.33. The Bertz CT molecular complexity index is 710. The highest BCUT2D eigenvalue weighted by Crippen LogP contribution is 2.23. The molecule has 0 bridgehead atoms. The molecule has 0 spiro atoms. The Kier molecular flexibility index (Phi) is 3.71. The van der Waals surface area contributed by atoms with E-state index in [4.69, 9.17) is 0 Å². The molecule has 1 N–H and O–H groups in total. The summed E-state index contributed by atoms with van der Waals surface area (Å²) in [5.74, 6) is 0.268. The topological polar surface area (TPSA) is 64.0 Å². The van der Waals surface area contributed by atoms with Gasteiger partial charge in [-0.05, 0) is 18.9 Å². The van der Waals surface area contributed by atoms with E-state index in [9.17, 15) is 8.42 Å². The van der Waals surface area contributed by atoms with E-state index in [1.807, 2.05) is 29.1 Å². The summed E-state index contributed by atoms with van der Waals surface area (Å²) in [6, 6.07) is 10.1. The van der Waals surface area contributed by atoms with E-state index in [-0.39, 0.29) is 17.0 Å². The fraction of sp³-hybridized carbons (Fsp3) is 0.400. The largest absolute Gasteiger partial charge is 0.378 e. The van der Waals surface area contributed by atoms with Gasteiger partial charge in [0.15, 0.2) is 9.84 Å². The van der Waals surface area contributed by atoms with Crippen LogP contribution in [0.5, 0.6) is 0 Å². The van der Waals surface area contributed by atoms with E-state index in [1.165, 1.54) is 5.56 Å². The van der Waals surface area contributed by atoms with Crippen molar-refractivity contribution in [1.29, 1.82) is 0 Å². The van der Waals surface area contributed by atoms with Crippen molar-refractivity contribution in [2.45, 2.75) is 31.2 Å². The second-order valence-electron chi connectivity index (χ2n) is 5.52. The van der Waals surface area contributed by atoms with Crippen LogP contribution in [0.2, 0.25) is 0 Å². The first kappa shape index (κ1) is 14.1. The van der Waals surface area contributed by atoms with Crippen molar-refractivity contribution in [2.24, 2.45) is 0 Å². The van der Waals surface area contributed by atoms with Crippen LogP contribution >= 0.6 is 0 Å².